The minimum Gasteiger partial charge on any atom is -0.238 e. The first kappa shape index (κ1) is 10.9. The first-order valence-corrected chi connectivity index (χ1v) is 5.53. The largest absolute Gasteiger partial charge is 0.345 e. The van der Waals surface area contributed by atoms with Crippen molar-refractivity contribution in [3.8, 4) is 0 Å². The van der Waals surface area contributed by atoms with Crippen molar-refractivity contribution in [2.24, 2.45) is 4.52 Å². The Bertz CT molecular complexity index is 778. The Hall–Kier alpha value is -2.63. The standard InChI is InChI=1S/C7H3N7O2S/c1-9-5-2-3-6-7(4-5)14(12-10-6)17(15,16)13-11-8/h2-4H. The lowest BCUT2D eigenvalue weighted by molar-refractivity contribution is 0.581. The van der Waals surface area contributed by atoms with Crippen LogP contribution >= 0.6 is 0 Å². The molecular weight excluding hydrogens is 246 g/mol. The third-order valence-corrected chi connectivity index (χ3v) is 2.87. The molecule has 0 saturated heterocycles. The number of azide groups is 1. The molecule has 1 aromatic carbocycles. The van der Waals surface area contributed by atoms with Gasteiger partial charge in [0, 0.05) is 4.91 Å². The molecule has 84 valence electrons. The van der Waals surface area contributed by atoms with E-state index < -0.39 is 10.2 Å². The van der Waals surface area contributed by atoms with Gasteiger partial charge in [-0.15, -0.1) is 9.19 Å². The number of hydrogen-bond donors (Lipinski definition) is 0. The van der Waals surface area contributed by atoms with Gasteiger partial charge in [-0.1, -0.05) is 11.3 Å². The average Bonchev–Trinajstić information content (AvgIpc) is 2.71. The fraction of sp³-hybridized carbons (Fsp3) is 0. The summed E-state index contributed by atoms with van der Waals surface area (Å²) < 4.78 is 26.1. The smallest absolute Gasteiger partial charge is 0.238 e. The van der Waals surface area contributed by atoms with Crippen LogP contribution in [0.4, 0.5) is 5.69 Å². The minimum atomic E-state index is -4.27. The lowest BCUT2D eigenvalue weighted by Gasteiger charge is -1.96. The average molecular weight is 249 g/mol. The van der Waals surface area contributed by atoms with Crippen molar-refractivity contribution in [3.05, 3.63) is 40.1 Å². The first-order valence-electron chi connectivity index (χ1n) is 4.13. The highest BCUT2D eigenvalue weighted by Crippen LogP contribution is 2.20. The van der Waals surface area contributed by atoms with Crippen LogP contribution < -0.4 is 0 Å². The molecule has 0 N–H and O–H groups in total. The highest BCUT2D eigenvalue weighted by molar-refractivity contribution is 7.88. The molecule has 9 nitrogen and oxygen atoms in total. The number of rotatable bonds is 2. The minimum absolute atomic E-state index is 0.0888. The molecule has 1 heterocycles. The molecule has 0 aliphatic carbocycles. The fourth-order valence-corrected chi connectivity index (χ4v) is 1.89. The molecule has 0 saturated carbocycles. The quantitative estimate of drug-likeness (QED) is 0.345. The molecule has 0 bridgehead atoms. The summed E-state index contributed by atoms with van der Waals surface area (Å²) in [5.74, 6) is 0. The van der Waals surface area contributed by atoms with E-state index in [1.54, 1.807) is 0 Å². The summed E-state index contributed by atoms with van der Waals surface area (Å²) in [5, 5.41) is 6.96. The highest BCUT2D eigenvalue weighted by Gasteiger charge is 2.16. The van der Waals surface area contributed by atoms with E-state index in [9.17, 15) is 8.42 Å². The van der Waals surface area contributed by atoms with Crippen molar-refractivity contribution in [1.29, 1.82) is 0 Å². The molecule has 17 heavy (non-hydrogen) atoms. The summed E-state index contributed by atoms with van der Waals surface area (Å²) in [7, 11) is -4.27. The van der Waals surface area contributed by atoms with Gasteiger partial charge in [0.2, 0.25) is 0 Å². The Balaban J connectivity index is 2.81. The summed E-state index contributed by atoms with van der Waals surface area (Å²) in [5.41, 5.74) is 8.75. The number of benzene rings is 1. The van der Waals surface area contributed by atoms with Crippen molar-refractivity contribution in [2.45, 2.75) is 0 Å². The van der Waals surface area contributed by atoms with Gasteiger partial charge < -0.3 is 0 Å². The summed E-state index contributed by atoms with van der Waals surface area (Å²) in [6, 6.07) is 4.24. The summed E-state index contributed by atoms with van der Waals surface area (Å²) in [4.78, 5) is 5.35. The summed E-state index contributed by atoms with van der Waals surface area (Å²) >= 11 is 0. The van der Waals surface area contributed by atoms with Crippen LogP contribution in [0.1, 0.15) is 0 Å². The Labute approximate surface area is 94.9 Å². The molecule has 0 spiro atoms. The first-order chi connectivity index (χ1) is 8.08. The van der Waals surface area contributed by atoms with E-state index in [0.29, 0.717) is 4.09 Å². The Morgan fingerprint density at radius 2 is 2.24 bits per heavy atom. The molecule has 0 aliphatic heterocycles. The predicted octanol–water partition coefficient (Wildman–Crippen LogP) is 1.39. The van der Waals surface area contributed by atoms with E-state index in [-0.39, 0.29) is 16.7 Å². The van der Waals surface area contributed by atoms with E-state index >= 15 is 0 Å². The number of hydrogen-bond acceptors (Lipinski definition) is 4. The van der Waals surface area contributed by atoms with Crippen LogP contribution in [0.25, 0.3) is 26.3 Å². The second kappa shape index (κ2) is 3.75. The van der Waals surface area contributed by atoms with Crippen molar-refractivity contribution in [1.82, 2.24) is 14.4 Å². The molecule has 0 aliphatic rings. The van der Waals surface area contributed by atoms with E-state index in [0.717, 1.165) is 0 Å². The van der Waals surface area contributed by atoms with Crippen LogP contribution in [-0.2, 0) is 10.2 Å². The van der Waals surface area contributed by atoms with Gasteiger partial charge in [-0.2, -0.15) is 8.42 Å². The molecule has 2 rings (SSSR count). The zero-order valence-electron chi connectivity index (χ0n) is 8.09. The van der Waals surface area contributed by atoms with Crippen molar-refractivity contribution in [2.75, 3.05) is 0 Å². The summed E-state index contributed by atoms with van der Waals surface area (Å²) in [6.07, 6.45) is 0. The molecule has 0 unspecified atom stereocenters. The van der Waals surface area contributed by atoms with Crippen molar-refractivity contribution in [3.63, 3.8) is 0 Å². The number of aromatic nitrogens is 3. The second-order valence-electron chi connectivity index (χ2n) is 2.87. The van der Waals surface area contributed by atoms with E-state index in [1.807, 2.05) is 0 Å². The van der Waals surface area contributed by atoms with Gasteiger partial charge in [0.05, 0.1) is 16.6 Å². The molecule has 1 aromatic heterocycles. The van der Waals surface area contributed by atoms with Gasteiger partial charge in [0.25, 0.3) is 0 Å². The third kappa shape index (κ3) is 1.76. The fourth-order valence-electron chi connectivity index (χ4n) is 1.21. The maximum Gasteiger partial charge on any atom is 0.345 e. The maximum absolute atomic E-state index is 11.5. The molecule has 10 heteroatoms. The van der Waals surface area contributed by atoms with Crippen LogP contribution in [0.15, 0.2) is 22.7 Å². The van der Waals surface area contributed by atoms with Gasteiger partial charge in [-0.25, -0.2) is 4.85 Å². The van der Waals surface area contributed by atoms with Gasteiger partial charge >= 0.3 is 10.2 Å². The lowest BCUT2D eigenvalue weighted by atomic mass is 10.3. The SMILES string of the molecule is [C-]#[N+]c1ccc2nnn(S(=O)(=O)N=[N+]=[N-])c2c1. The Kier molecular flexibility index (Phi) is 2.40. The molecule has 0 atom stereocenters. The number of fused-ring (bicyclic) bond motifs is 1. The third-order valence-electron chi connectivity index (χ3n) is 1.89. The van der Waals surface area contributed by atoms with Gasteiger partial charge in [0.1, 0.15) is 5.52 Å². The Morgan fingerprint density at radius 1 is 1.47 bits per heavy atom. The lowest BCUT2D eigenvalue weighted by Crippen LogP contribution is -2.10. The van der Waals surface area contributed by atoms with Crippen LogP contribution in [0.2, 0.25) is 0 Å². The predicted molar refractivity (Wildman–Crippen MR) is 57.3 cm³/mol. The van der Waals surface area contributed by atoms with Crippen LogP contribution in [0.3, 0.4) is 0 Å². The van der Waals surface area contributed by atoms with Crippen LogP contribution in [-0.4, -0.2) is 22.8 Å². The van der Waals surface area contributed by atoms with E-state index in [4.69, 9.17) is 12.1 Å². The normalized spacial score (nSPS) is 10.8. The molecule has 2 aromatic rings. The highest BCUT2D eigenvalue weighted by atomic mass is 32.2. The van der Waals surface area contributed by atoms with Gasteiger partial charge in [0.15, 0.2) is 5.69 Å². The van der Waals surface area contributed by atoms with Crippen LogP contribution in [0.5, 0.6) is 0 Å². The van der Waals surface area contributed by atoms with Crippen molar-refractivity contribution >= 4 is 26.9 Å². The zero-order valence-corrected chi connectivity index (χ0v) is 8.90. The topological polar surface area (TPSA) is 118 Å². The van der Waals surface area contributed by atoms with E-state index in [1.165, 1.54) is 18.2 Å². The molecule has 0 amide bonds. The number of nitrogens with zero attached hydrogens (tertiary/aromatic N) is 7. The monoisotopic (exact) mass is 249 g/mol. The molecule has 0 fully saturated rings. The van der Waals surface area contributed by atoms with Crippen LogP contribution in [0, 0.1) is 6.57 Å². The van der Waals surface area contributed by atoms with E-state index in [2.05, 4.69) is 24.6 Å². The van der Waals surface area contributed by atoms with Gasteiger partial charge in [-0.05, 0) is 17.7 Å². The zero-order chi connectivity index (χ0) is 12.5. The maximum atomic E-state index is 11.5. The molecular formula is C7H3N7O2S. The van der Waals surface area contributed by atoms with Gasteiger partial charge in [-0.3, -0.25) is 0 Å². The van der Waals surface area contributed by atoms with Crippen molar-refractivity contribution < 1.29 is 8.42 Å². The Morgan fingerprint density at radius 3 is 2.88 bits per heavy atom. The second-order valence-corrected chi connectivity index (χ2v) is 4.27. The summed E-state index contributed by atoms with van der Waals surface area (Å²) in [6.45, 7) is 6.82. The molecule has 0 radical (unpaired) electrons.